The van der Waals surface area contributed by atoms with Crippen LogP contribution in [0, 0.1) is 10.6 Å². The van der Waals surface area contributed by atoms with Gasteiger partial charge in [-0.2, -0.15) is 0 Å². The minimum Gasteiger partial charge on any atom is -0.337 e. The molecule has 0 atom stereocenters. The van der Waals surface area contributed by atoms with Gasteiger partial charge in [-0.25, -0.2) is 4.39 Å². The van der Waals surface area contributed by atoms with Crippen molar-refractivity contribution in [3.05, 3.63) is 52.3 Å². The Kier molecular flexibility index (Phi) is 2.45. The van der Waals surface area contributed by atoms with Crippen molar-refractivity contribution in [1.29, 1.82) is 0 Å². The zero-order valence-corrected chi connectivity index (χ0v) is 8.20. The second-order valence-corrected chi connectivity index (χ2v) is 3.44. The Hall–Kier alpha value is -1.42. The van der Waals surface area contributed by atoms with E-state index in [9.17, 15) is 4.39 Å². The first kappa shape index (κ1) is 9.15. The average molecular weight is 212 g/mol. The molecule has 0 aliphatic rings. The van der Waals surface area contributed by atoms with E-state index < -0.39 is 0 Å². The Morgan fingerprint density at radius 2 is 2.14 bits per heavy atom. The second kappa shape index (κ2) is 3.75. The summed E-state index contributed by atoms with van der Waals surface area (Å²) in [5, 5.41) is 0. The minimum absolute atomic E-state index is 0. The van der Waals surface area contributed by atoms with E-state index in [0.29, 0.717) is 16.8 Å². The summed E-state index contributed by atoms with van der Waals surface area (Å²) in [7, 11) is 0. The number of halogens is 1. The van der Waals surface area contributed by atoms with Crippen molar-refractivity contribution in [2.45, 2.75) is 6.42 Å². The highest BCUT2D eigenvalue weighted by Crippen LogP contribution is 2.10. The van der Waals surface area contributed by atoms with Crippen LogP contribution in [0.4, 0.5) is 4.39 Å². The van der Waals surface area contributed by atoms with Crippen molar-refractivity contribution >= 4 is 12.2 Å². The lowest BCUT2D eigenvalue weighted by Gasteiger charge is -1.99. The van der Waals surface area contributed by atoms with E-state index in [-0.39, 0.29) is 8.67 Å². The van der Waals surface area contributed by atoms with Crippen molar-refractivity contribution in [1.82, 2.24) is 9.97 Å². The summed E-state index contributed by atoms with van der Waals surface area (Å²) >= 11 is 4.88. The first-order valence-electron chi connectivity index (χ1n) is 4.25. The van der Waals surface area contributed by atoms with Gasteiger partial charge in [-0.15, -0.1) is 0 Å². The first-order chi connectivity index (χ1) is 6.75. The lowest BCUT2D eigenvalue weighted by Crippen LogP contribution is -1.91. The van der Waals surface area contributed by atoms with Gasteiger partial charge in [0.05, 0.1) is 0 Å². The van der Waals surface area contributed by atoms with Crippen molar-refractivity contribution < 1.29 is 7.24 Å². The smallest absolute Gasteiger partial charge is 0.174 e. The van der Waals surface area contributed by atoms with Crippen molar-refractivity contribution in [3.8, 4) is 0 Å². The molecule has 0 bridgehead atoms. The van der Waals surface area contributed by atoms with Gasteiger partial charge in [0.1, 0.15) is 5.82 Å². The van der Waals surface area contributed by atoms with E-state index in [1.54, 1.807) is 18.3 Å². The lowest BCUT2D eigenvalue weighted by molar-refractivity contribution is 0.613. The molecule has 2 aromatic rings. The molecule has 76 valence electrons. The van der Waals surface area contributed by atoms with E-state index >= 15 is 0 Å². The molecule has 2 N–H and O–H groups in total. The molecule has 14 heavy (non-hydrogen) atoms. The van der Waals surface area contributed by atoms with Gasteiger partial charge in [0, 0.05) is 21.2 Å². The predicted molar refractivity (Wildman–Crippen MR) is 59.4 cm³/mol. The lowest BCUT2D eigenvalue weighted by atomic mass is 10.1. The molecule has 0 saturated carbocycles. The number of H-pyrrole nitrogens is 2. The van der Waals surface area contributed by atoms with Gasteiger partial charge in [0.25, 0.3) is 0 Å². The van der Waals surface area contributed by atoms with E-state index in [1.165, 1.54) is 6.07 Å². The van der Waals surface area contributed by atoms with Crippen LogP contribution in [0.25, 0.3) is 0 Å². The molecule has 0 aliphatic carbocycles. The SMILES string of the molecule is Fc1ccccc1Cc1c[nH]c(=S)[nH]1.[HH].[HH]. The predicted octanol–water partition coefficient (Wildman–Crippen LogP) is 3.29. The van der Waals surface area contributed by atoms with Crippen molar-refractivity contribution in [2.24, 2.45) is 0 Å². The van der Waals surface area contributed by atoms with Crippen LogP contribution in [0.5, 0.6) is 0 Å². The number of nitrogens with one attached hydrogen (secondary N) is 2. The summed E-state index contributed by atoms with van der Waals surface area (Å²) in [4.78, 5) is 5.79. The zero-order chi connectivity index (χ0) is 9.97. The second-order valence-electron chi connectivity index (χ2n) is 3.04. The van der Waals surface area contributed by atoms with Gasteiger partial charge in [-0.1, -0.05) is 18.2 Å². The van der Waals surface area contributed by atoms with Crippen LogP contribution in [0.3, 0.4) is 0 Å². The molecule has 0 amide bonds. The Morgan fingerprint density at radius 3 is 2.79 bits per heavy atom. The van der Waals surface area contributed by atoms with E-state index in [0.717, 1.165) is 5.69 Å². The minimum atomic E-state index is -0.187. The molecule has 1 heterocycles. The van der Waals surface area contributed by atoms with Crippen LogP contribution in [-0.4, -0.2) is 9.97 Å². The van der Waals surface area contributed by atoms with E-state index in [1.807, 2.05) is 6.07 Å². The van der Waals surface area contributed by atoms with Crippen LogP contribution in [0.15, 0.2) is 30.5 Å². The molecule has 1 aromatic carbocycles. The topological polar surface area (TPSA) is 31.6 Å². The Labute approximate surface area is 88.8 Å². The number of aromatic nitrogens is 2. The molecule has 4 heteroatoms. The Bertz CT molecular complexity index is 495. The summed E-state index contributed by atoms with van der Waals surface area (Å²) in [6.07, 6.45) is 2.29. The van der Waals surface area contributed by atoms with Gasteiger partial charge in [-0.3, -0.25) is 0 Å². The van der Waals surface area contributed by atoms with E-state index in [4.69, 9.17) is 12.2 Å². The Balaban J connectivity index is 0.00000112. The highest BCUT2D eigenvalue weighted by Gasteiger charge is 2.02. The standard InChI is InChI=1S/C10H9FN2S.2H2/c11-9-4-2-1-3-7(9)5-8-6-12-10(14)13-8;;/h1-4,6H,5H2,(H2,12,13,14);2*1H. The fraction of sp³-hybridized carbons (Fsp3) is 0.100. The zero-order valence-electron chi connectivity index (χ0n) is 7.38. The molecular formula is C10H13FN2S. The molecule has 1 aromatic heterocycles. The van der Waals surface area contributed by atoms with Gasteiger partial charge in [0.15, 0.2) is 4.77 Å². The van der Waals surface area contributed by atoms with E-state index in [2.05, 4.69) is 9.97 Å². The van der Waals surface area contributed by atoms with Crippen molar-refractivity contribution in [2.75, 3.05) is 0 Å². The van der Waals surface area contributed by atoms with Gasteiger partial charge >= 0.3 is 0 Å². The molecule has 0 unspecified atom stereocenters. The summed E-state index contributed by atoms with van der Waals surface area (Å²) < 4.78 is 13.8. The number of benzene rings is 1. The molecule has 0 fully saturated rings. The molecule has 2 rings (SSSR count). The summed E-state index contributed by atoms with van der Waals surface area (Å²) in [5.41, 5.74) is 1.55. The number of aromatic amines is 2. The normalized spacial score (nSPS) is 10.4. The fourth-order valence-corrected chi connectivity index (χ4v) is 1.50. The van der Waals surface area contributed by atoms with Crippen LogP contribution in [-0.2, 0) is 6.42 Å². The van der Waals surface area contributed by atoms with Crippen molar-refractivity contribution in [3.63, 3.8) is 0 Å². The van der Waals surface area contributed by atoms with Gasteiger partial charge in [-0.05, 0) is 23.8 Å². The molecule has 2 nitrogen and oxygen atoms in total. The van der Waals surface area contributed by atoms with Crippen LogP contribution < -0.4 is 0 Å². The molecule has 0 spiro atoms. The maximum atomic E-state index is 13.2. The Morgan fingerprint density at radius 1 is 1.36 bits per heavy atom. The monoisotopic (exact) mass is 212 g/mol. The molecule has 0 aliphatic heterocycles. The molecule has 0 saturated heterocycles. The average Bonchev–Trinajstić information content (AvgIpc) is 2.56. The molecular weight excluding hydrogens is 199 g/mol. The third-order valence-electron chi connectivity index (χ3n) is 1.99. The van der Waals surface area contributed by atoms with Gasteiger partial charge < -0.3 is 9.97 Å². The van der Waals surface area contributed by atoms with Crippen LogP contribution in [0.1, 0.15) is 14.1 Å². The third kappa shape index (κ3) is 1.90. The number of hydrogen-bond donors (Lipinski definition) is 2. The summed E-state index contributed by atoms with van der Waals surface area (Å²) in [5.74, 6) is -0.187. The first-order valence-corrected chi connectivity index (χ1v) is 4.66. The fourth-order valence-electron chi connectivity index (χ4n) is 1.31. The maximum Gasteiger partial charge on any atom is 0.174 e. The van der Waals surface area contributed by atoms with Gasteiger partial charge in [0.2, 0.25) is 0 Å². The van der Waals surface area contributed by atoms with Crippen LogP contribution >= 0.6 is 12.2 Å². The number of hydrogen-bond acceptors (Lipinski definition) is 1. The highest BCUT2D eigenvalue weighted by molar-refractivity contribution is 7.71. The third-order valence-corrected chi connectivity index (χ3v) is 2.21. The quantitative estimate of drug-likeness (QED) is 0.735. The summed E-state index contributed by atoms with van der Waals surface area (Å²) in [6, 6.07) is 6.72. The highest BCUT2D eigenvalue weighted by atomic mass is 32.1. The number of imidazole rings is 1. The number of rotatable bonds is 2. The maximum absolute atomic E-state index is 13.2. The summed E-state index contributed by atoms with van der Waals surface area (Å²) in [6.45, 7) is 0. The molecule has 0 radical (unpaired) electrons. The largest absolute Gasteiger partial charge is 0.337 e. The van der Waals surface area contributed by atoms with Crippen LogP contribution in [0.2, 0.25) is 0 Å².